The lowest BCUT2D eigenvalue weighted by Crippen LogP contribution is -2.44. The van der Waals surface area contributed by atoms with E-state index in [2.05, 4.69) is 31.4 Å². The van der Waals surface area contributed by atoms with Crippen molar-refractivity contribution in [2.24, 2.45) is 0 Å². The van der Waals surface area contributed by atoms with Crippen LogP contribution in [0.3, 0.4) is 0 Å². The van der Waals surface area contributed by atoms with Gasteiger partial charge in [-0.1, -0.05) is 6.92 Å². The van der Waals surface area contributed by atoms with Crippen LogP contribution in [-0.4, -0.2) is 37.2 Å². The summed E-state index contributed by atoms with van der Waals surface area (Å²) in [5.41, 5.74) is -0.0274. The third-order valence-corrected chi connectivity index (χ3v) is 3.05. The molecule has 4 nitrogen and oxygen atoms in total. The molecule has 1 fully saturated rings. The molecule has 4 heteroatoms. The van der Waals surface area contributed by atoms with Crippen molar-refractivity contribution in [3.8, 4) is 0 Å². The first-order valence-electron chi connectivity index (χ1n) is 6.67. The molecule has 2 N–H and O–H groups in total. The SMILES string of the molecule is CCCNC(=O)CCNC1CCOC(C)(C)C1. The molecule has 0 aromatic rings. The van der Waals surface area contributed by atoms with Crippen molar-refractivity contribution in [1.29, 1.82) is 0 Å². The van der Waals surface area contributed by atoms with E-state index in [1.165, 1.54) is 0 Å². The van der Waals surface area contributed by atoms with Gasteiger partial charge >= 0.3 is 0 Å². The highest BCUT2D eigenvalue weighted by Gasteiger charge is 2.28. The molecule has 17 heavy (non-hydrogen) atoms. The van der Waals surface area contributed by atoms with Gasteiger partial charge in [0.1, 0.15) is 0 Å². The Bertz CT molecular complexity index is 242. The summed E-state index contributed by atoms with van der Waals surface area (Å²) in [7, 11) is 0. The normalized spacial score (nSPS) is 23.4. The van der Waals surface area contributed by atoms with Gasteiger partial charge in [-0.25, -0.2) is 0 Å². The van der Waals surface area contributed by atoms with E-state index in [-0.39, 0.29) is 11.5 Å². The van der Waals surface area contributed by atoms with Gasteiger partial charge in [0, 0.05) is 32.2 Å². The van der Waals surface area contributed by atoms with Gasteiger partial charge in [-0.2, -0.15) is 0 Å². The first-order valence-corrected chi connectivity index (χ1v) is 6.67. The summed E-state index contributed by atoms with van der Waals surface area (Å²) < 4.78 is 5.66. The molecule has 0 saturated carbocycles. The van der Waals surface area contributed by atoms with Crippen LogP contribution in [0.1, 0.15) is 46.5 Å². The monoisotopic (exact) mass is 242 g/mol. The topological polar surface area (TPSA) is 50.4 Å². The lowest BCUT2D eigenvalue weighted by molar-refractivity contribution is -0.121. The predicted octanol–water partition coefficient (Wildman–Crippen LogP) is 1.45. The molecule has 1 unspecified atom stereocenters. The van der Waals surface area contributed by atoms with Gasteiger partial charge in [0.15, 0.2) is 0 Å². The molecule has 0 spiro atoms. The number of ether oxygens (including phenoxy) is 1. The Morgan fingerprint density at radius 1 is 1.41 bits per heavy atom. The summed E-state index contributed by atoms with van der Waals surface area (Å²) >= 11 is 0. The number of nitrogens with one attached hydrogen (secondary N) is 2. The lowest BCUT2D eigenvalue weighted by Gasteiger charge is -2.35. The van der Waals surface area contributed by atoms with Crippen molar-refractivity contribution in [3.63, 3.8) is 0 Å². The van der Waals surface area contributed by atoms with Crippen molar-refractivity contribution in [1.82, 2.24) is 10.6 Å². The second kappa shape index (κ2) is 6.97. The van der Waals surface area contributed by atoms with Crippen LogP contribution in [-0.2, 0) is 9.53 Å². The summed E-state index contributed by atoms with van der Waals surface area (Å²) in [5, 5.41) is 6.33. The molecule has 1 aliphatic rings. The van der Waals surface area contributed by atoms with Crippen LogP contribution in [0.25, 0.3) is 0 Å². The minimum atomic E-state index is -0.0274. The summed E-state index contributed by atoms with van der Waals surface area (Å²) in [6, 6.07) is 0.484. The molecule has 1 heterocycles. The Hall–Kier alpha value is -0.610. The van der Waals surface area contributed by atoms with Gasteiger partial charge in [-0.05, 0) is 33.1 Å². The molecule has 0 aliphatic carbocycles. The minimum Gasteiger partial charge on any atom is -0.375 e. The fourth-order valence-corrected chi connectivity index (χ4v) is 2.15. The van der Waals surface area contributed by atoms with Crippen LogP contribution in [0.15, 0.2) is 0 Å². The molecule has 1 atom stereocenters. The van der Waals surface area contributed by atoms with Gasteiger partial charge in [0.25, 0.3) is 0 Å². The van der Waals surface area contributed by atoms with E-state index in [0.717, 1.165) is 39.0 Å². The zero-order valence-electron chi connectivity index (χ0n) is 11.3. The van der Waals surface area contributed by atoms with Crippen LogP contribution in [0.4, 0.5) is 0 Å². The second-order valence-corrected chi connectivity index (χ2v) is 5.35. The molecule has 0 radical (unpaired) electrons. The number of hydrogen-bond donors (Lipinski definition) is 2. The van der Waals surface area contributed by atoms with Crippen LogP contribution in [0.2, 0.25) is 0 Å². The van der Waals surface area contributed by atoms with Crippen LogP contribution in [0.5, 0.6) is 0 Å². The van der Waals surface area contributed by atoms with Crippen molar-refractivity contribution in [2.75, 3.05) is 19.7 Å². The highest BCUT2D eigenvalue weighted by Crippen LogP contribution is 2.23. The Morgan fingerprint density at radius 3 is 2.82 bits per heavy atom. The number of hydrogen-bond acceptors (Lipinski definition) is 3. The highest BCUT2D eigenvalue weighted by atomic mass is 16.5. The van der Waals surface area contributed by atoms with Gasteiger partial charge in [-0.15, -0.1) is 0 Å². The van der Waals surface area contributed by atoms with Crippen molar-refractivity contribution in [2.45, 2.75) is 58.1 Å². The molecule has 0 bridgehead atoms. The third-order valence-electron chi connectivity index (χ3n) is 3.05. The van der Waals surface area contributed by atoms with E-state index in [4.69, 9.17) is 4.74 Å². The molecule has 0 aromatic carbocycles. The van der Waals surface area contributed by atoms with Crippen molar-refractivity contribution < 1.29 is 9.53 Å². The smallest absolute Gasteiger partial charge is 0.221 e. The Morgan fingerprint density at radius 2 is 2.18 bits per heavy atom. The molecular formula is C13H26N2O2. The Labute approximate surface area is 104 Å². The fourth-order valence-electron chi connectivity index (χ4n) is 2.15. The Kier molecular flexibility index (Phi) is 5.92. The maximum Gasteiger partial charge on any atom is 0.221 e. The molecule has 100 valence electrons. The number of rotatable bonds is 6. The predicted molar refractivity (Wildman–Crippen MR) is 69.0 cm³/mol. The first-order chi connectivity index (χ1) is 8.03. The lowest BCUT2D eigenvalue weighted by atomic mass is 9.94. The van der Waals surface area contributed by atoms with E-state index in [1.54, 1.807) is 0 Å². The standard InChI is InChI=1S/C13H26N2O2/c1-4-7-15-12(16)5-8-14-11-6-9-17-13(2,3)10-11/h11,14H,4-10H2,1-3H3,(H,15,16). The van der Waals surface area contributed by atoms with Gasteiger partial charge in [0.05, 0.1) is 5.60 Å². The summed E-state index contributed by atoms with van der Waals surface area (Å²) in [5.74, 6) is 0.144. The van der Waals surface area contributed by atoms with Gasteiger partial charge < -0.3 is 15.4 Å². The largest absolute Gasteiger partial charge is 0.375 e. The molecule has 1 amide bonds. The van der Waals surface area contributed by atoms with E-state index in [9.17, 15) is 4.79 Å². The second-order valence-electron chi connectivity index (χ2n) is 5.35. The quantitative estimate of drug-likeness (QED) is 0.741. The fraction of sp³-hybridized carbons (Fsp3) is 0.923. The molecule has 1 saturated heterocycles. The van der Waals surface area contributed by atoms with Crippen molar-refractivity contribution >= 4 is 5.91 Å². The first kappa shape index (κ1) is 14.5. The number of carbonyl (C=O) groups is 1. The Balaban J connectivity index is 2.12. The van der Waals surface area contributed by atoms with Crippen LogP contribution >= 0.6 is 0 Å². The molecule has 0 aromatic heterocycles. The van der Waals surface area contributed by atoms with Crippen LogP contribution < -0.4 is 10.6 Å². The number of carbonyl (C=O) groups excluding carboxylic acids is 1. The molecule has 1 aliphatic heterocycles. The summed E-state index contributed by atoms with van der Waals surface area (Å²) in [6.45, 7) is 8.65. The summed E-state index contributed by atoms with van der Waals surface area (Å²) in [4.78, 5) is 11.4. The summed E-state index contributed by atoms with van der Waals surface area (Å²) in [6.07, 6.45) is 3.62. The van der Waals surface area contributed by atoms with Gasteiger partial charge in [-0.3, -0.25) is 4.79 Å². The molecular weight excluding hydrogens is 216 g/mol. The maximum atomic E-state index is 11.4. The van der Waals surface area contributed by atoms with Crippen LogP contribution in [0, 0.1) is 0 Å². The average molecular weight is 242 g/mol. The number of amides is 1. The van der Waals surface area contributed by atoms with E-state index in [0.29, 0.717) is 12.5 Å². The minimum absolute atomic E-state index is 0.0274. The molecule has 1 rings (SSSR count). The zero-order valence-corrected chi connectivity index (χ0v) is 11.3. The van der Waals surface area contributed by atoms with E-state index >= 15 is 0 Å². The van der Waals surface area contributed by atoms with Gasteiger partial charge in [0.2, 0.25) is 5.91 Å². The third kappa shape index (κ3) is 6.03. The van der Waals surface area contributed by atoms with E-state index < -0.39 is 0 Å². The highest BCUT2D eigenvalue weighted by molar-refractivity contribution is 5.75. The average Bonchev–Trinajstić information content (AvgIpc) is 2.25. The maximum absolute atomic E-state index is 11.4. The van der Waals surface area contributed by atoms with Crippen molar-refractivity contribution in [3.05, 3.63) is 0 Å². The van der Waals surface area contributed by atoms with E-state index in [1.807, 2.05) is 0 Å². The zero-order chi connectivity index (χ0) is 12.7.